The number of nitrogens with one attached hydrogen (secondary N) is 1. The Morgan fingerprint density at radius 1 is 1.47 bits per heavy atom. The molecule has 0 fully saturated rings. The Bertz CT molecular complexity index is 375. The molecular weight excluding hydrogens is 222 g/mol. The van der Waals surface area contributed by atoms with Gasteiger partial charge in [0.15, 0.2) is 0 Å². The Kier molecular flexibility index (Phi) is 4.45. The van der Waals surface area contributed by atoms with E-state index < -0.39 is 0 Å². The molecule has 0 spiro atoms. The summed E-state index contributed by atoms with van der Waals surface area (Å²) in [4.78, 5) is 13.1. The summed E-state index contributed by atoms with van der Waals surface area (Å²) in [5.74, 6) is 0.263. The summed E-state index contributed by atoms with van der Waals surface area (Å²) in [6.45, 7) is 5.72. The SMILES string of the molecule is CC(C)NC(=O)CN(C)c1nnc(C(C)N)o1. The van der Waals surface area contributed by atoms with Crippen LogP contribution in [0.5, 0.6) is 0 Å². The molecule has 0 aliphatic rings. The van der Waals surface area contributed by atoms with Gasteiger partial charge in [0, 0.05) is 13.1 Å². The topological polar surface area (TPSA) is 97.3 Å². The molecule has 7 nitrogen and oxygen atoms in total. The summed E-state index contributed by atoms with van der Waals surface area (Å²) < 4.78 is 5.31. The first-order chi connectivity index (χ1) is 7.90. The number of rotatable bonds is 5. The van der Waals surface area contributed by atoms with E-state index in [1.54, 1.807) is 18.9 Å². The van der Waals surface area contributed by atoms with E-state index in [0.717, 1.165) is 0 Å². The van der Waals surface area contributed by atoms with Gasteiger partial charge in [-0.05, 0) is 20.8 Å². The van der Waals surface area contributed by atoms with Gasteiger partial charge in [-0.15, -0.1) is 5.10 Å². The highest BCUT2D eigenvalue weighted by Gasteiger charge is 2.15. The van der Waals surface area contributed by atoms with Crippen LogP contribution in [0.2, 0.25) is 0 Å². The summed E-state index contributed by atoms with van der Waals surface area (Å²) >= 11 is 0. The minimum atomic E-state index is -0.311. The van der Waals surface area contributed by atoms with Crippen LogP contribution in [0.25, 0.3) is 0 Å². The Morgan fingerprint density at radius 2 is 2.12 bits per heavy atom. The van der Waals surface area contributed by atoms with Gasteiger partial charge in [-0.2, -0.15) is 0 Å². The molecule has 96 valence electrons. The van der Waals surface area contributed by atoms with Gasteiger partial charge < -0.3 is 20.4 Å². The number of hydrogen-bond acceptors (Lipinski definition) is 6. The van der Waals surface area contributed by atoms with E-state index in [9.17, 15) is 4.79 Å². The van der Waals surface area contributed by atoms with Crippen LogP contribution in [-0.2, 0) is 4.79 Å². The van der Waals surface area contributed by atoms with Crippen LogP contribution in [-0.4, -0.2) is 35.7 Å². The minimum Gasteiger partial charge on any atom is -0.406 e. The van der Waals surface area contributed by atoms with E-state index in [0.29, 0.717) is 5.89 Å². The third kappa shape index (κ3) is 4.03. The quantitative estimate of drug-likeness (QED) is 0.756. The van der Waals surface area contributed by atoms with Gasteiger partial charge in [-0.3, -0.25) is 4.79 Å². The van der Waals surface area contributed by atoms with Crippen molar-refractivity contribution in [2.45, 2.75) is 32.9 Å². The van der Waals surface area contributed by atoms with E-state index in [1.807, 2.05) is 13.8 Å². The third-order valence-corrected chi connectivity index (χ3v) is 1.98. The molecule has 7 heteroatoms. The monoisotopic (exact) mass is 241 g/mol. The normalized spacial score (nSPS) is 12.6. The number of nitrogens with zero attached hydrogens (tertiary/aromatic N) is 3. The fourth-order valence-corrected chi connectivity index (χ4v) is 1.22. The molecule has 1 amide bonds. The number of anilines is 1. The van der Waals surface area contributed by atoms with Crippen molar-refractivity contribution in [1.29, 1.82) is 0 Å². The zero-order chi connectivity index (χ0) is 13.0. The van der Waals surface area contributed by atoms with Crippen molar-refractivity contribution in [3.05, 3.63) is 5.89 Å². The standard InChI is InChI=1S/C10H19N5O2/c1-6(2)12-8(16)5-15(4)10-14-13-9(17-10)7(3)11/h6-7H,5,11H2,1-4H3,(H,12,16). The number of aromatic nitrogens is 2. The van der Waals surface area contributed by atoms with E-state index in [-0.39, 0.29) is 30.6 Å². The molecule has 0 aliphatic heterocycles. The van der Waals surface area contributed by atoms with Gasteiger partial charge in [0.25, 0.3) is 0 Å². The largest absolute Gasteiger partial charge is 0.406 e. The van der Waals surface area contributed by atoms with E-state index in [1.165, 1.54) is 0 Å². The lowest BCUT2D eigenvalue weighted by atomic mass is 10.4. The maximum absolute atomic E-state index is 11.5. The molecule has 1 atom stereocenters. The number of likely N-dealkylation sites (N-methyl/N-ethyl adjacent to an activating group) is 1. The zero-order valence-corrected chi connectivity index (χ0v) is 10.6. The van der Waals surface area contributed by atoms with Gasteiger partial charge in [0.1, 0.15) is 6.54 Å². The average molecular weight is 241 g/mol. The second-order valence-corrected chi connectivity index (χ2v) is 4.29. The highest BCUT2D eigenvalue weighted by molar-refractivity contribution is 5.80. The highest BCUT2D eigenvalue weighted by atomic mass is 16.4. The molecule has 0 aliphatic carbocycles. The summed E-state index contributed by atoms with van der Waals surface area (Å²) in [7, 11) is 1.71. The van der Waals surface area contributed by atoms with Gasteiger partial charge >= 0.3 is 6.01 Å². The smallest absolute Gasteiger partial charge is 0.318 e. The van der Waals surface area contributed by atoms with Gasteiger partial charge in [-0.25, -0.2) is 0 Å². The molecule has 1 rings (SSSR count). The Balaban J connectivity index is 2.57. The Labute approximate surface area is 100 Å². The summed E-state index contributed by atoms with van der Waals surface area (Å²) in [6, 6.07) is 0.0866. The maximum atomic E-state index is 11.5. The lowest BCUT2D eigenvalue weighted by molar-refractivity contribution is -0.120. The van der Waals surface area contributed by atoms with E-state index in [4.69, 9.17) is 10.2 Å². The average Bonchev–Trinajstić information content (AvgIpc) is 2.64. The van der Waals surface area contributed by atoms with Crippen LogP contribution in [0.15, 0.2) is 4.42 Å². The van der Waals surface area contributed by atoms with Crippen molar-refractivity contribution in [3.63, 3.8) is 0 Å². The minimum absolute atomic E-state index is 0.0944. The lowest BCUT2D eigenvalue weighted by Gasteiger charge is -2.15. The lowest BCUT2D eigenvalue weighted by Crippen LogP contribution is -2.38. The fraction of sp³-hybridized carbons (Fsp3) is 0.700. The van der Waals surface area contributed by atoms with Crippen LogP contribution in [0.4, 0.5) is 6.01 Å². The van der Waals surface area contributed by atoms with Gasteiger partial charge in [-0.1, -0.05) is 5.10 Å². The molecular formula is C10H19N5O2. The molecule has 0 bridgehead atoms. The van der Waals surface area contributed by atoms with E-state index >= 15 is 0 Å². The first-order valence-corrected chi connectivity index (χ1v) is 5.49. The predicted molar refractivity (Wildman–Crippen MR) is 63.4 cm³/mol. The molecule has 1 heterocycles. The molecule has 1 unspecified atom stereocenters. The number of nitrogens with two attached hydrogens (primary N) is 1. The van der Waals surface area contributed by atoms with Crippen LogP contribution >= 0.6 is 0 Å². The number of carbonyl (C=O) groups excluding carboxylic acids is 1. The first-order valence-electron chi connectivity index (χ1n) is 5.49. The van der Waals surface area contributed by atoms with Crippen molar-refractivity contribution in [2.24, 2.45) is 5.73 Å². The number of carbonyl (C=O) groups is 1. The Hall–Kier alpha value is -1.63. The maximum Gasteiger partial charge on any atom is 0.318 e. The Morgan fingerprint density at radius 3 is 2.59 bits per heavy atom. The van der Waals surface area contributed by atoms with Crippen molar-refractivity contribution in [1.82, 2.24) is 15.5 Å². The highest BCUT2D eigenvalue weighted by Crippen LogP contribution is 2.13. The predicted octanol–water partition coefficient (Wildman–Crippen LogP) is 0.0501. The molecule has 17 heavy (non-hydrogen) atoms. The van der Waals surface area contributed by atoms with Crippen molar-refractivity contribution < 1.29 is 9.21 Å². The second kappa shape index (κ2) is 5.62. The second-order valence-electron chi connectivity index (χ2n) is 4.29. The zero-order valence-electron chi connectivity index (χ0n) is 10.6. The van der Waals surface area contributed by atoms with Crippen LogP contribution < -0.4 is 16.0 Å². The first kappa shape index (κ1) is 13.4. The third-order valence-electron chi connectivity index (χ3n) is 1.98. The molecule has 1 aromatic heterocycles. The van der Waals surface area contributed by atoms with Crippen molar-refractivity contribution >= 4 is 11.9 Å². The summed E-state index contributed by atoms with van der Waals surface area (Å²) in [5, 5.41) is 10.4. The number of amides is 1. The number of hydrogen-bond donors (Lipinski definition) is 2. The van der Waals surface area contributed by atoms with Crippen LogP contribution in [0.3, 0.4) is 0 Å². The van der Waals surface area contributed by atoms with Crippen LogP contribution in [0.1, 0.15) is 32.7 Å². The van der Waals surface area contributed by atoms with Gasteiger partial charge in [0.2, 0.25) is 11.8 Å². The fourth-order valence-electron chi connectivity index (χ4n) is 1.22. The molecule has 0 saturated heterocycles. The summed E-state index contributed by atoms with van der Waals surface area (Å²) in [6.07, 6.45) is 0. The molecule has 0 radical (unpaired) electrons. The van der Waals surface area contributed by atoms with Gasteiger partial charge in [0.05, 0.1) is 6.04 Å². The van der Waals surface area contributed by atoms with Crippen molar-refractivity contribution in [3.8, 4) is 0 Å². The molecule has 0 aromatic carbocycles. The summed E-state index contributed by atoms with van der Waals surface area (Å²) in [5.41, 5.74) is 5.60. The molecule has 3 N–H and O–H groups in total. The molecule has 1 aromatic rings. The molecule has 0 saturated carbocycles. The van der Waals surface area contributed by atoms with Crippen LogP contribution in [0, 0.1) is 0 Å². The van der Waals surface area contributed by atoms with E-state index in [2.05, 4.69) is 15.5 Å². The van der Waals surface area contributed by atoms with Crippen molar-refractivity contribution in [2.75, 3.05) is 18.5 Å².